The molecule has 0 atom stereocenters. The normalized spacial score (nSPS) is 22.4. The molecule has 0 aromatic heterocycles. The highest BCUT2D eigenvalue weighted by Gasteiger charge is 2.25. The SMILES string of the molecule is CNS(=O)(=O)C1CCCCC1.O=S(=O)(Cl)C1CCCCC1. The van der Waals surface area contributed by atoms with E-state index in [2.05, 4.69) is 4.72 Å². The smallest absolute Gasteiger partial charge is 0.218 e. The molecule has 0 unspecified atom stereocenters. The van der Waals surface area contributed by atoms with Crippen LogP contribution in [0.15, 0.2) is 0 Å². The van der Waals surface area contributed by atoms with Crippen LogP contribution in [0.5, 0.6) is 0 Å². The molecule has 2 rings (SSSR count). The first-order chi connectivity index (χ1) is 9.77. The van der Waals surface area contributed by atoms with Crippen molar-refractivity contribution in [1.29, 1.82) is 0 Å². The number of rotatable bonds is 3. The number of hydrogen-bond acceptors (Lipinski definition) is 4. The van der Waals surface area contributed by atoms with Gasteiger partial charge in [-0.1, -0.05) is 38.5 Å². The Morgan fingerprint density at radius 1 is 0.762 bits per heavy atom. The fraction of sp³-hybridized carbons (Fsp3) is 1.00. The van der Waals surface area contributed by atoms with Gasteiger partial charge in [-0.15, -0.1) is 0 Å². The zero-order valence-corrected chi connectivity index (χ0v) is 14.9. The monoisotopic (exact) mass is 359 g/mol. The van der Waals surface area contributed by atoms with E-state index >= 15 is 0 Å². The minimum absolute atomic E-state index is 0.124. The van der Waals surface area contributed by atoms with E-state index in [0.717, 1.165) is 57.8 Å². The summed E-state index contributed by atoms with van der Waals surface area (Å²) in [5, 5.41) is -0.385. The summed E-state index contributed by atoms with van der Waals surface area (Å²) in [5.74, 6) is 0. The maximum Gasteiger partial charge on any atom is 0.235 e. The van der Waals surface area contributed by atoms with Gasteiger partial charge >= 0.3 is 0 Å². The van der Waals surface area contributed by atoms with Gasteiger partial charge < -0.3 is 0 Å². The second-order valence-corrected chi connectivity index (χ2v) is 10.8. The predicted molar refractivity (Wildman–Crippen MR) is 86.5 cm³/mol. The van der Waals surface area contributed by atoms with E-state index in [4.69, 9.17) is 10.7 Å². The van der Waals surface area contributed by atoms with Crippen LogP contribution in [-0.2, 0) is 19.1 Å². The summed E-state index contributed by atoms with van der Waals surface area (Å²) in [6.45, 7) is 0. The van der Waals surface area contributed by atoms with Gasteiger partial charge in [0, 0.05) is 10.7 Å². The highest BCUT2D eigenvalue weighted by Crippen LogP contribution is 2.25. The van der Waals surface area contributed by atoms with Crippen molar-refractivity contribution in [3.05, 3.63) is 0 Å². The van der Waals surface area contributed by atoms with Gasteiger partial charge in [-0.25, -0.2) is 21.6 Å². The molecule has 126 valence electrons. The van der Waals surface area contributed by atoms with Crippen molar-refractivity contribution in [3.8, 4) is 0 Å². The zero-order chi connectivity index (χ0) is 15.9. The Labute approximate surface area is 133 Å². The Kier molecular flexibility index (Phi) is 7.95. The third kappa shape index (κ3) is 6.84. The molecule has 8 heteroatoms. The topological polar surface area (TPSA) is 80.3 Å². The van der Waals surface area contributed by atoms with E-state index in [-0.39, 0.29) is 10.5 Å². The van der Waals surface area contributed by atoms with Crippen molar-refractivity contribution in [2.24, 2.45) is 0 Å². The van der Waals surface area contributed by atoms with E-state index in [1.165, 1.54) is 13.5 Å². The van der Waals surface area contributed by atoms with E-state index in [1.54, 1.807) is 0 Å². The summed E-state index contributed by atoms with van der Waals surface area (Å²) in [5.41, 5.74) is 0. The Balaban J connectivity index is 0.000000211. The van der Waals surface area contributed by atoms with Crippen molar-refractivity contribution >= 4 is 29.8 Å². The standard InChI is InChI=1S/C7H15NO2S.C6H11ClO2S/c1-8-11(9,10)7-5-3-2-4-6-7;7-10(8,9)6-4-2-1-3-5-6/h7-8H,2-6H2,1H3;6H,1-5H2. The van der Waals surface area contributed by atoms with Gasteiger partial charge in [-0.3, -0.25) is 0 Å². The van der Waals surface area contributed by atoms with Gasteiger partial charge in [0.25, 0.3) is 0 Å². The van der Waals surface area contributed by atoms with Crippen molar-refractivity contribution in [3.63, 3.8) is 0 Å². The number of nitrogens with one attached hydrogen (secondary N) is 1. The van der Waals surface area contributed by atoms with Gasteiger partial charge in [0.1, 0.15) is 0 Å². The Morgan fingerprint density at radius 3 is 1.43 bits per heavy atom. The fourth-order valence-corrected chi connectivity index (χ4v) is 5.61. The van der Waals surface area contributed by atoms with Crippen molar-refractivity contribution in [1.82, 2.24) is 4.72 Å². The summed E-state index contributed by atoms with van der Waals surface area (Å²) < 4.78 is 46.4. The van der Waals surface area contributed by atoms with Crippen LogP contribution in [-0.4, -0.2) is 34.4 Å². The average Bonchev–Trinajstić information content (AvgIpc) is 2.49. The Hall–Kier alpha value is 0.150. The first kappa shape index (κ1) is 19.2. The van der Waals surface area contributed by atoms with Crippen LogP contribution in [0.1, 0.15) is 64.2 Å². The molecule has 0 saturated heterocycles. The largest absolute Gasteiger partial charge is 0.235 e. The van der Waals surface area contributed by atoms with E-state index in [0.29, 0.717) is 0 Å². The van der Waals surface area contributed by atoms with Crippen molar-refractivity contribution in [2.75, 3.05) is 7.05 Å². The van der Waals surface area contributed by atoms with Gasteiger partial charge in [-0.05, 0) is 32.7 Å². The molecule has 0 amide bonds. The second-order valence-electron chi connectivity index (χ2n) is 5.74. The molecule has 5 nitrogen and oxygen atoms in total. The minimum atomic E-state index is -3.25. The van der Waals surface area contributed by atoms with Crippen LogP contribution >= 0.6 is 10.7 Å². The van der Waals surface area contributed by atoms with Gasteiger partial charge in [0.15, 0.2) is 0 Å². The number of halogens is 1. The van der Waals surface area contributed by atoms with Crippen LogP contribution in [0.4, 0.5) is 0 Å². The van der Waals surface area contributed by atoms with Crippen LogP contribution in [0.25, 0.3) is 0 Å². The Morgan fingerprint density at radius 2 is 1.14 bits per heavy atom. The molecule has 2 aliphatic rings. The van der Waals surface area contributed by atoms with Crippen LogP contribution in [0, 0.1) is 0 Å². The zero-order valence-electron chi connectivity index (χ0n) is 12.6. The third-order valence-electron chi connectivity index (χ3n) is 4.23. The summed E-state index contributed by atoms with van der Waals surface area (Å²) in [6.07, 6.45) is 9.67. The van der Waals surface area contributed by atoms with E-state index in [9.17, 15) is 16.8 Å². The van der Waals surface area contributed by atoms with Crippen LogP contribution < -0.4 is 4.72 Å². The molecule has 0 bridgehead atoms. The maximum absolute atomic E-state index is 11.2. The van der Waals surface area contributed by atoms with Crippen LogP contribution in [0.3, 0.4) is 0 Å². The molecule has 1 N–H and O–H groups in total. The van der Waals surface area contributed by atoms with Crippen molar-refractivity contribution in [2.45, 2.75) is 74.7 Å². The molecular formula is C13H26ClNO4S2. The summed E-state index contributed by atoms with van der Waals surface area (Å²) >= 11 is 0. The molecule has 2 saturated carbocycles. The van der Waals surface area contributed by atoms with Crippen LogP contribution in [0.2, 0.25) is 0 Å². The molecule has 0 aromatic carbocycles. The first-order valence-electron chi connectivity index (χ1n) is 7.63. The molecule has 2 fully saturated rings. The first-order valence-corrected chi connectivity index (χ1v) is 11.5. The Bertz CT molecular complexity index is 492. The minimum Gasteiger partial charge on any atom is -0.218 e. The lowest BCUT2D eigenvalue weighted by molar-refractivity contribution is 0.480. The van der Waals surface area contributed by atoms with Gasteiger partial charge in [-0.2, -0.15) is 0 Å². The predicted octanol–water partition coefficient (Wildman–Crippen LogP) is 2.76. The average molecular weight is 360 g/mol. The highest BCUT2D eigenvalue weighted by molar-refractivity contribution is 8.14. The summed E-state index contributed by atoms with van der Waals surface area (Å²) in [6, 6.07) is 0. The molecule has 21 heavy (non-hydrogen) atoms. The molecule has 0 aliphatic heterocycles. The van der Waals surface area contributed by atoms with E-state index in [1.807, 2.05) is 0 Å². The lowest BCUT2D eigenvalue weighted by Crippen LogP contribution is -2.33. The molecule has 0 radical (unpaired) electrons. The van der Waals surface area contributed by atoms with Gasteiger partial charge in [0.05, 0.1) is 10.5 Å². The lowest BCUT2D eigenvalue weighted by atomic mass is 10.0. The summed E-state index contributed by atoms with van der Waals surface area (Å²) in [7, 11) is 0.449. The molecular weight excluding hydrogens is 334 g/mol. The third-order valence-corrected chi connectivity index (χ3v) is 8.17. The van der Waals surface area contributed by atoms with E-state index < -0.39 is 19.1 Å². The quantitative estimate of drug-likeness (QED) is 0.785. The van der Waals surface area contributed by atoms with Crippen molar-refractivity contribution < 1.29 is 16.8 Å². The van der Waals surface area contributed by atoms with Gasteiger partial charge in [0.2, 0.25) is 19.1 Å². The lowest BCUT2D eigenvalue weighted by Gasteiger charge is -2.20. The summed E-state index contributed by atoms with van der Waals surface area (Å²) in [4.78, 5) is 0. The molecule has 2 aliphatic carbocycles. The molecule has 0 spiro atoms. The fourth-order valence-electron chi connectivity index (χ4n) is 2.89. The highest BCUT2D eigenvalue weighted by atomic mass is 35.7. The maximum atomic E-state index is 11.2. The molecule has 0 heterocycles. The molecule has 0 aromatic rings. The number of hydrogen-bond donors (Lipinski definition) is 1. The number of sulfonamides is 1. The second kappa shape index (κ2) is 8.70.